The van der Waals surface area contributed by atoms with E-state index in [4.69, 9.17) is 4.42 Å². The van der Waals surface area contributed by atoms with Crippen LogP contribution < -0.4 is 5.32 Å². The number of furan rings is 1. The molecule has 0 saturated heterocycles. The van der Waals surface area contributed by atoms with Crippen molar-refractivity contribution in [1.29, 1.82) is 0 Å². The van der Waals surface area contributed by atoms with Gasteiger partial charge in [-0.15, -0.1) is 0 Å². The van der Waals surface area contributed by atoms with E-state index in [1.54, 1.807) is 0 Å². The summed E-state index contributed by atoms with van der Waals surface area (Å²) >= 11 is 0. The highest BCUT2D eigenvalue weighted by atomic mass is 16.3. The predicted octanol–water partition coefficient (Wildman–Crippen LogP) is 4.08. The fraction of sp³-hybridized carbons (Fsp3) is 0.263. The molecule has 0 saturated carbocycles. The van der Waals surface area contributed by atoms with Crippen LogP contribution >= 0.6 is 0 Å². The minimum Gasteiger partial charge on any atom is -0.459 e. The van der Waals surface area contributed by atoms with Crippen LogP contribution in [0.15, 0.2) is 52.9 Å². The molecule has 0 fully saturated rings. The molecule has 3 aromatic rings. The standard InChI is InChI=1S/C19H21NO2/c1-13-17-9-5-6-10-18(17)22-19(13)14(2)20-11-15-7-3-4-8-16(15)12-21/h3-10,14,20-21H,11-12H2,1-2H3. The third-order valence-corrected chi connectivity index (χ3v) is 4.16. The lowest BCUT2D eigenvalue weighted by molar-refractivity contribution is 0.280. The number of hydrogen-bond acceptors (Lipinski definition) is 3. The SMILES string of the molecule is Cc1c(C(C)NCc2ccccc2CO)oc2ccccc12. The van der Waals surface area contributed by atoms with Crippen LogP contribution in [0.4, 0.5) is 0 Å². The van der Waals surface area contributed by atoms with Crippen LogP contribution in [0.3, 0.4) is 0 Å². The van der Waals surface area contributed by atoms with Gasteiger partial charge in [-0.1, -0.05) is 42.5 Å². The average Bonchev–Trinajstić information content (AvgIpc) is 2.90. The van der Waals surface area contributed by atoms with Gasteiger partial charge in [0.15, 0.2) is 0 Å². The maximum atomic E-state index is 9.39. The van der Waals surface area contributed by atoms with E-state index in [9.17, 15) is 5.11 Å². The Balaban J connectivity index is 1.79. The molecule has 0 bridgehead atoms. The van der Waals surface area contributed by atoms with Gasteiger partial charge in [0.2, 0.25) is 0 Å². The predicted molar refractivity (Wildman–Crippen MR) is 88.6 cm³/mol. The van der Waals surface area contributed by atoms with Crippen molar-refractivity contribution in [2.45, 2.75) is 33.0 Å². The number of fused-ring (bicyclic) bond motifs is 1. The first-order valence-electron chi connectivity index (χ1n) is 7.59. The summed E-state index contributed by atoms with van der Waals surface area (Å²) in [4.78, 5) is 0. The number of hydrogen-bond donors (Lipinski definition) is 2. The first kappa shape index (κ1) is 14.8. The Morgan fingerprint density at radius 2 is 1.73 bits per heavy atom. The smallest absolute Gasteiger partial charge is 0.134 e. The van der Waals surface area contributed by atoms with Crippen molar-refractivity contribution in [2.75, 3.05) is 0 Å². The fourth-order valence-electron chi connectivity index (χ4n) is 2.85. The second-order valence-corrected chi connectivity index (χ2v) is 5.62. The summed E-state index contributed by atoms with van der Waals surface area (Å²) in [6.07, 6.45) is 0. The third-order valence-electron chi connectivity index (χ3n) is 4.16. The van der Waals surface area contributed by atoms with E-state index in [0.717, 1.165) is 22.5 Å². The van der Waals surface area contributed by atoms with Gasteiger partial charge in [-0.3, -0.25) is 0 Å². The quantitative estimate of drug-likeness (QED) is 0.745. The summed E-state index contributed by atoms with van der Waals surface area (Å²) in [5, 5.41) is 14.0. The molecule has 1 atom stereocenters. The van der Waals surface area contributed by atoms with Crippen LogP contribution in [-0.4, -0.2) is 5.11 Å². The first-order valence-corrected chi connectivity index (χ1v) is 7.59. The molecule has 2 N–H and O–H groups in total. The lowest BCUT2D eigenvalue weighted by atomic mass is 10.1. The van der Waals surface area contributed by atoms with Crippen molar-refractivity contribution in [2.24, 2.45) is 0 Å². The van der Waals surface area contributed by atoms with Crippen LogP contribution in [0.1, 0.15) is 35.4 Å². The summed E-state index contributed by atoms with van der Waals surface area (Å²) in [5.74, 6) is 0.975. The van der Waals surface area contributed by atoms with Crippen molar-refractivity contribution >= 4 is 11.0 Å². The Bertz CT molecular complexity index is 776. The number of para-hydroxylation sites is 1. The maximum absolute atomic E-state index is 9.39. The van der Waals surface area contributed by atoms with Crippen LogP contribution in [0, 0.1) is 6.92 Å². The molecule has 0 radical (unpaired) electrons. The molecule has 22 heavy (non-hydrogen) atoms. The zero-order valence-corrected chi connectivity index (χ0v) is 13.0. The monoisotopic (exact) mass is 295 g/mol. The van der Waals surface area contributed by atoms with Crippen LogP contribution in [0.5, 0.6) is 0 Å². The zero-order chi connectivity index (χ0) is 15.5. The number of aryl methyl sites for hydroxylation is 1. The van der Waals surface area contributed by atoms with Crippen molar-refractivity contribution in [1.82, 2.24) is 5.32 Å². The van der Waals surface area contributed by atoms with Gasteiger partial charge in [0.1, 0.15) is 11.3 Å². The number of rotatable bonds is 5. The topological polar surface area (TPSA) is 45.4 Å². The molecule has 3 nitrogen and oxygen atoms in total. The first-order chi connectivity index (χ1) is 10.7. The van der Waals surface area contributed by atoms with E-state index in [1.165, 1.54) is 10.9 Å². The minimum absolute atomic E-state index is 0.0654. The van der Waals surface area contributed by atoms with Crippen molar-refractivity contribution in [3.05, 3.63) is 71.0 Å². The lowest BCUT2D eigenvalue weighted by Crippen LogP contribution is -2.19. The van der Waals surface area contributed by atoms with E-state index < -0.39 is 0 Å². The molecule has 1 aromatic heterocycles. The minimum atomic E-state index is 0.0654. The molecule has 0 aliphatic heterocycles. The number of aliphatic hydroxyl groups is 1. The highest BCUT2D eigenvalue weighted by molar-refractivity contribution is 5.82. The Morgan fingerprint density at radius 1 is 1.05 bits per heavy atom. The van der Waals surface area contributed by atoms with Crippen LogP contribution in [-0.2, 0) is 13.2 Å². The Labute approximate surface area is 130 Å². The van der Waals surface area contributed by atoms with Crippen molar-refractivity contribution in [3.63, 3.8) is 0 Å². The van der Waals surface area contributed by atoms with Gasteiger partial charge in [0, 0.05) is 11.9 Å². The fourth-order valence-corrected chi connectivity index (χ4v) is 2.85. The highest BCUT2D eigenvalue weighted by Gasteiger charge is 2.16. The molecule has 0 spiro atoms. The van der Waals surface area contributed by atoms with Crippen molar-refractivity contribution < 1.29 is 9.52 Å². The summed E-state index contributed by atoms with van der Waals surface area (Å²) in [5.41, 5.74) is 4.19. The Hall–Kier alpha value is -2.10. The summed E-state index contributed by atoms with van der Waals surface area (Å²) in [7, 11) is 0. The van der Waals surface area contributed by atoms with E-state index in [1.807, 2.05) is 42.5 Å². The average molecular weight is 295 g/mol. The maximum Gasteiger partial charge on any atom is 0.134 e. The molecule has 0 amide bonds. The Kier molecular flexibility index (Phi) is 4.27. The largest absolute Gasteiger partial charge is 0.459 e. The zero-order valence-electron chi connectivity index (χ0n) is 13.0. The van der Waals surface area contributed by atoms with E-state index in [2.05, 4.69) is 25.2 Å². The van der Waals surface area contributed by atoms with Gasteiger partial charge in [-0.25, -0.2) is 0 Å². The van der Waals surface area contributed by atoms with Gasteiger partial charge in [-0.2, -0.15) is 0 Å². The van der Waals surface area contributed by atoms with Gasteiger partial charge >= 0.3 is 0 Å². The summed E-state index contributed by atoms with van der Waals surface area (Å²) < 4.78 is 5.99. The molecule has 0 aliphatic carbocycles. The number of aliphatic hydroxyl groups excluding tert-OH is 1. The molecule has 0 aliphatic rings. The van der Waals surface area contributed by atoms with E-state index in [0.29, 0.717) is 6.54 Å². The molecule has 114 valence electrons. The second-order valence-electron chi connectivity index (χ2n) is 5.62. The van der Waals surface area contributed by atoms with Crippen LogP contribution in [0.25, 0.3) is 11.0 Å². The lowest BCUT2D eigenvalue weighted by Gasteiger charge is -2.14. The van der Waals surface area contributed by atoms with Gasteiger partial charge in [0.25, 0.3) is 0 Å². The third kappa shape index (κ3) is 2.78. The highest BCUT2D eigenvalue weighted by Crippen LogP contribution is 2.29. The number of nitrogens with one attached hydrogen (secondary N) is 1. The molecule has 1 unspecified atom stereocenters. The number of benzene rings is 2. The normalized spacial score (nSPS) is 12.7. The second kappa shape index (κ2) is 6.34. The van der Waals surface area contributed by atoms with Gasteiger partial charge < -0.3 is 14.8 Å². The van der Waals surface area contributed by atoms with E-state index in [-0.39, 0.29) is 12.6 Å². The molecule has 3 rings (SSSR count). The molecule has 1 heterocycles. The van der Waals surface area contributed by atoms with E-state index >= 15 is 0 Å². The Morgan fingerprint density at radius 3 is 2.45 bits per heavy atom. The van der Waals surface area contributed by atoms with Crippen molar-refractivity contribution in [3.8, 4) is 0 Å². The van der Waals surface area contributed by atoms with Gasteiger partial charge in [0.05, 0.1) is 12.6 Å². The van der Waals surface area contributed by atoms with Crippen LogP contribution in [0.2, 0.25) is 0 Å². The molecular weight excluding hydrogens is 274 g/mol. The molecule has 2 aromatic carbocycles. The molecular formula is C19H21NO2. The summed E-state index contributed by atoms with van der Waals surface area (Å²) in [6.45, 7) is 4.97. The summed E-state index contributed by atoms with van der Waals surface area (Å²) in [6, 6.07) is 16.2. The molecule has 3 heteroatoms. The van der Waals surface area contributed by atoms with Gasteiger partial charge in [-0.05, 0) is 36.6 Å².